The lowest BCUT2D eigenvalue weighted by atomic mass is 9.95. The van der Waals surface area contributed by atoms with Gasteiger partial charge in [-0.2, -0.15) is 0 Å². The number of benzene rings is 1. The fraction of sp³-hybridized carbons (Fsp3) is 0.600. The van der Waals surface area contributed by atoms with Crippen LogP contribution in [0.15, 0.2) is 18.2 Å². The average molecular weight is 388 g/mol. The van der Waals surface area contributed by atoms with Gasteiger partial charge < -0.3 is 20.1 Å². The molecule has 0 saturated carbocycles. The van der Waals surface area contributed by atoms with E-state index >= 15 is 0 Å². The maximum absolute atomic E-state index is 12.8. The Labute approximate surface area is 165 Å². The van der Waals surface area contributed by atoms with Crippen molar-refractivity contribution in [3.63, 3.8) is 0 Å². The number of likely N-dealkylation sites (tertiary alicyclic amines) is 1. The minimum Gasteiger partial charge on any atom is -0.454 e. The lowest BCUT2D eigenvalue weighted by Crippen LogP contribution is -2.51. The van der Waals surface area contributed by atoms with Gasteiger partial charge in [0.15, 0.2) is 11.5 Å². The molecule has 2 amide bonds. The Kier molecular flexibility index (Phi) is 5.68. The van der Waals surface area contributed by atoms with Gasteiger partial charge in [0.05, 0.1) is 6.54 Å². The summed E-state index contributed by atoms with van der Waals surface area (Å²) in [4.78, 5) is 30.3. The fourth-order valence-electron chi connectivity index (χ4n) is 4.24. The molecular weight excluding hydrogens is 360 g/mol. The number of piperazine rings is 1. The molecule has 0 aliphatic carbocycles. The average Bonchev–Trinajstić information content (AvgIpc) is 3.16. The topological polar surface area (TPSA) is 88.3 Å². The van der Waals surface area contributed by atoms with Crippen molar-refractivity contribution in [2.24, 2.45) is 11.7 Å². The first-order chi connectivity index (χ1) is 13.6. The summed E-state index contributed by atoms with van der Waals surface area (Å²) in [5.41, 5.74) is 6.46. The number of ether oxygens (including phenoxy) is 2. The molecule has 2 N–H and O–H groups in total. The van der Waals surface area contributed by atoms with Gasteiger partial charge in [-0.3, -0.25) is 19.4 Å². The third kappa shape index (κ3) is 4.39. The van der Waals surface area contributed by atoms with Crippen LogP contribution in [0.2, 0.25) is 0 Å². The number of hydrogen-bond acceptors (Lipinski definition) is 6. The highest BCUT2D eigenvalue weighted by atomic mass is 16.7. The van der Waals surface area contributed by atoms with Crippen LogP contribution in [-0.4, -0.2) is 79.1 Å². The molecule has 1 aromatic rings. The first-order valence-corrected chi connectivity index (χ1v) is 9.99. The second kappa shape index (κ2) is 8.36. The second-order valence-electron chi connectivity index (χ2n) is 7.81. The maximum Gasteiger partial charge on any atom is 0.231 e. The van der Waals surface area contributed by atoms with Gasteiger partial charge in [-0.25, -0.2) is 0 Å². The molecule has 0 spiro atoms. The minimum absolute atomic E-state index is 0.0736. The Morgan fingerprint density at radius 2 is 1.68 bits per heavy atom. The molecule has 0 radical (unpaired) electrons. The van der Waals surface area contributed by atoms with E-state index < -0.39 is 0 Å². The van der Waals surface area contributed by atoms with Crippen molar-refractivity contribution in [3.8, 4) is 11.5 Å². The molecule has 0 atom stereocenters. The molecule has 0 aromatic heterocycles. The van der Waals surface area contributed by atoms with Gasteiger partial charge in [-0.15, -0.1) is 0 Å². The molecule has 3 heterocycles. The first-order valence-electron chi connectivity index (χ1n) is 9.99. The molecular formula is C20H28N4O4. The number of piperidine rings is 1. The molecule has 152 valence electrons. The van der Waals surface area contributed by atoms with Crippen LogP contribution in [0.1, 0.15) is 18.4 Å². The van der Waals surface area contributed by atoms with E-state index in [1.165, 1.54) is 5.56 Å². The number of amides is 2. The van der Waals surface area contributed by atoms with E-state index in [0.29, 0.717) is 13.3 Å². The van der Waals surface area contributed by atoms with Gasteiger partial charge in [0, 0.05) is 38.6 Å². The Hall–Kier alpha value is -2.32. The smallest absolute Gasteiger partial charge is 0.231 e. The second-order valence-corrected chi connectivity index (χ2v) is 7.81. The molecule has 28 heavy (non-hydrogen) atoms. The highest BCUT2D eigenvalue weighted by Gasteiger charge is 2.30. The fourth-order valence-corrected chi connectivity index (χ4v) is 4.24. The van der Waals surface area contributed by atoms with Crippen LogP contribution in [0, 0.1) is 5.92 Å². The summed E-state index contributed by atoms with van der Waals surface area (Å²) in [5.74, 6) is 1.66. The number of hydrogen-bond donors (Lipinski definition) is 1. The molecule has 0 bridgehead atoms. The van der Waals surface area contributed by atoms with Gasteiger partial charge >= 0.3 is 0 Å². The third-order valence-corrected chi connectivity index (χ3v) is 5.84. The molecule has 4 rings (SSSR count). The lowest BCUT2D eigenvalue weighted by molar-refractivity contribution is -0.139. The lowest BCUT2D eigenvalue weighted by Gasteiger charge is -2.38. The zero-order valence-corrected chi connectivity index (χ0v) is 16.1. The van der Waals surface area contributed by atoms with E-state index in [9.17, 15) is 9.59 Å². The van der Waals surface area contributed by atoms with Crippen LogP contribution >= 0.6 is 0 Å². The molecule has 8 nitrogen and oxygen atoms in total. The summed E-state index contributed by atoms with van der Waals surface area (Å²) in [6, 6.07) is 6.08. The SMILES string of the molecule is NC(=O)CN1CCC(C(=O)N2CCN(Cc3ccc4c(c3)OCO4)CC2)CC1. The van der Waals surface area contributed by atoms with Crippen molar-refractivity contribution in [1.82, 2.24) is 14.7 Å². The van der Waals surface area contributed by atoms with Gasteiger partial charge in [-0.1, -0.05) is 6.07 Å². The van der Waals surface area contributed by atoms with E-state index in [2.05, 4.69) is 11.0 Å². The predicted molar refractivity (Wildman–Crippen MR) is 103 cm³/mol. The number of fused-ring (bicyclic) bond motifs is 1. The van der Waals surface area contributed by atoms with E-state index in [-0.39, 0.29) is 17.7 Å². The summed E-state index contributed by atoms with van der Waals surface area (Å²) in [6.45, 7) is 6.26. The van der Waals surface area contributed by atoms with Gasteiger partial charge in [0.25, 0.3) is 0 Å². The number of carbonyl (C=O) groups excluding carboxylic acids is 2. The Balaban J connectivity index is 1.23. The molecule has 3 aliphatic heterocycles. The Morgan fingerprint density at radius 3 is 2.39 bits per heavy atom. The van der Waals surface area contributed by atoms with E-state index in [1.807, 2.05) is 21.9 Å². The minimum atomic E-state index is -0.302. The maximum atomic E-state index is 12.8. The summed E-state index contributed by atoms with van der Waals surface area (Å²) in [7, 11) is 0. The van der Waals surface area contributed by atoms with Crippen molar-refractivity contribution in [1.29, 1.82) is 0 Å². The molecule has 2 saturated heterocycles. The highest BCUT2D eigenvalue weighted by molar-refractivity contribution is 5.79. The van der Waals surface area contributed by atoms with Crippen LogP contribution < -0.4 is 15.2 Å². The number of carbonyl (C=O) groups is 2. The van der Waals surface area contributed by atoms with Crippen molar-refractivity contribution >= 4 is 11.8 Å². The quantitative estimate of drug-likeness (QED) is 0.778. The van der Waals surface area contributed by atoms with Crippen LogP contribution in [0.3, 0.4) is 0 Å². The highest BCUT2D eigenvalue weighted by Crippen LogP contribution is 2.33. The zero-order valence-electron chi connectivity index (χ0n) is 16.1. The van der Waals surface area contributed by atoms with Gasteiger partial charge in [0.2, 0.25) is 18.6 Å². The van der Waals surface area contributed by atoms with Crippen molar-refractivity contribution < 1.29 is 19.1 Å². The zero-order chi connectivity index (χ0) is 19.5. The Morgan fingerprint density at radius 1 is 0.964 bits per heavy atom. The van der Waals surface area contributed by atoms with Gasteiger partial charge in [0.1, 0.15) is 0 Å². The van der Waals surface area contributed by atoms with Crippen LogP contribution in [0.25, 0.3) is 0 Å². The van der Waals surface area contributed by atoms with Crippen molar-refractivity contribution in [2.45, 2.75) is 19.4 Å². The standard InChI is InChI=1S/C20H28N4O4/c21-19(25)13-22-5-3-16(4-6-22)20(26)24-9-7-23(8-10-24)12-15-1-2-17-18(11-15)28-14-27-17/h1-2,11,16H,3-10,12-14H2,(H2,21,25). The molecule has 1 aromatic carbocycles. The molecule has 2 fully saturated rings. The predicted octanol–water partition coefficient (Wildman–Crippen LogP) is 0.257. The molecule has 8 heteroatoms. The Bertz CT molecular complexity index is 725. The summed E-state index contributed by atoms with van der Waals surface area (Å²) in [5, 5.41) is 0. The summed E-state index contributed by atoms with van der Waals surface area (Å²) < 4.78 is 10.8. The largest absolute Gasteiger partial charge is 0.454 e. The molecule has 3 aliphatic rings. The van der Waals surface area contributed by atoms with E-state index in [0.717, 1.165) is 70.2 Å². The first kappa shape index (κ1) is 19.0. The normalized spacial score (nSPS) is 21.1. The number of nitrogens with two attached hydrogens (primary N) is 1. The van der Waals surface area contributed by atoms with E-state index in [4.69, 9.17) is 15.2 Å². The van der Waals surface area contributed by atoms with Gasteiger partial charge in [-0.05, 0) is 43.6 Å². The van der Waals surface area contributed by atoms with Crippen molar-refractivity contribution in [3.05, 3.63) is 23.8 Å². The summed E-state index contributed by atoms with van der Waals surface area (Å²) >= 11 is 0. The molecule has 0 unspecified atom stereocenters. The number of nitrogens with zero attached hydrogens (tertiary/aromatic N) is 3. The van der Waals surface area contributed by atoms with E-state index in [1.54, 1.807) is 0 Å². The summed E-state index contributed by atoms with van der Waals surface area (Å²) in [6.07, 6.45) is 1.62. The number of rotatable bonds is 5. The van der Waals surface area contributed by atoms with Crippen LogP contribution in [-0.2, 0) is 16.1 Å². The van der Waals surface area contributed by atoms with Crippen LogP contribution in [0.4, 0.5) is 0 Å². The van der Waals surface area contributed by atoms with Crippen LogP contribution in [0.5, 0.6) is 11.5 Å². The number of primary amides is 1. The van der Waals surface area contributed by atoms with Crippen molar-refractivity contribution in [2.75, 3.05) is 52.6 Å². The monoisotopic (exact) mass is 388 g/mol. The third-order valence-electron chi connectivity index (χ3n) is 5.84.